The first-order chi connectivity index (χ1) is 7.30. The van der Waals surface area contributed by atoms with Gasteiger partial charge in [0.15, 0.2) is 0 Å². The van der Waals surface area contributed by atoms with E-state index in [1.54, 1.807) is 7.05 Å². The number of aryl methyl sites for hydroxylation is 1. The molecule has 15 heavy (non-hydrogen) atoms. The Bertz CT molecular complexity index is 326. The molecule has 1 atom stereocenters. The minimum Gasteiger partial charge on any atom is -0.491 e. The molecule has 0 spiro atoms. The van der Waals surface area contributed by atoms with Gasteiger partial charge in [0.05, 0.1) is 6.07 Å². The van der Waals surface area contributed by atoms with Gasteiger partial charge in [-0.1, -0.05) is 19.1 Å². The van der Waals surface area contributed by atoms with Crippen molar-refractivity contribution in [3.05, 3.63) is 29.8 Å². The van der Waals surface area contributed by atoms with Gasteiger partial charge < -0.3 is 10.1 Å². The normalized spacial score (nSPS) is 11.8. The van der Waals surface area contributed by atoms with Crippen molar-refractivity contribution < 1.29 is 4.74 Å². The van der Waals surface area contributed by atoms with Crippen molar-refractivity contribution in [2.45, 2.75) is 19.4 Å². The molecule has 0 amide bonds. The molecule has 0 aliphatic rings. The van der Waals surface area contributed by atoms with Crippen LogP contribution in [0.3, 0.4) is 0 Å². The van der Waals surface area contributed by atoms with E-state index in [0.29, 0.717) is 6.61 Å². The van der Waals surface area contributed by atoms with Gasteiger partial charge in [-0.15, -0.1) is 0 Å². The van der Waals surface area contributed by atoms with Crippen molar-refractivity contribution in [3.63, 3.8) is 0 Å². The van der Waals surface area contributed by atoms with Gasteiger partial charge in [-0.05, 0) is 31.2 Å². The van der Waals surface area contributed by atoms with Crippen molar-refractivity contribution in [1.82, 2.24) is 5.32 Å². The lowest BCUT2D eigenvalue weighted by atomic mass is 10.2. The van der Waals surface area contributed by atoms with E-state index in [-0.39, 0.29) is 6.04 Å². The smallest absolute Gasteiger partial charge is 0.129 e. The average molecular weight is 204 g/mol. The maximum Gasteiger partial charge on any atom is 0.129 e. The Kier molecular flexibility index (Phi) is 4.65. The molecule has 1 N–H and O–H groups in total. The Morgan fingerprint density at radius 2 is 2.07 bits per heavy atom. The van der Waals surface area contributed by atoms with Crippen molar-refractivity contribution in [2.75, 3.05) is 13.7 Å². The van der Waals surface area contributed by atoms with E-state index in [1.807, 2.05) is 24.3 Å². The Balaban J connectivity index is 2.48. The summed E-state index contributed by atoms with van der Waals surface area (Å²) in [4.78, 5) is 0. The molecule has 3 nitrogen and oxygen atoms in total. The number of nitrogens with zero attached hydrogens (tertiary/aromatic N) is 1. The highest BCUT2D eigenvalue weighted by molar-refractivity contribution is 5.27. The van der Waals surface area contributed by atoms with Crippen LogP contribution in [-0.2, 0) is 6.42 Å². The molecule has 0 heterocycles. The number of nitrogens with one attached hydrogen (secondary N) is 1. The summed E-state index contributed by atoms with van der Waals surface area (Å²) in [5, 5.41) is 11.6. The molecule has 1 aromatic carbocycles. The molecular weight excluding hydrogens is 188 g/mol. The zero-order valence-corrected chi connectivity index (χ0v) is 9.16. The summed E-state index contributed by atoms with van der Waals surface area (Å²) in [5.74, 6) is 0.808. The molecule has 0 fully saturated rings. The SMILES string of the molecule is CCc1ccc(OCC(C#N)NC)cc1. The summed E-state index contributed by atoms with van der Waals surface area (Å²) >= 11 is 0. The third-order valence-electron chi connectivity index (χ3n) is 2.25. The maximum absolute atomic E-state index is 8.69. The van der Waals surface area contributed by atoms with E-state index in [9.17, 15) is 0 Å². The van der Waals surface area contributed by atoms with Gasteiger partial charge in [0.2, 0.25) is 0 Å². The van der Waals surface area contributed by atoms with Gasteiger partial charge in [-0.2, -0.15) is 5.26 Å². The first-order valence-corrected chi connectivity index (χ1v) is 5.08. The van der Waals surface area contributed by atoms with Crippen LogP contribution in [0.5, 0.6) is 5.75 Å². The van der Waals surface area contributed by atoms with Crippen molar-refractivity contribution in [3.8, 4) is 11.8 Å². The number of hydrogen-bond acceptors (Lipinski definition) is 3. The van der Waals surface area contributed by atoms with Crippen LogP contribution in [-0.4, -0.2) is 19.7 Å². The molecule has 3 heteroatoms. The highest BCUT2D eigenvalue weighted by Gasteiger charge is 2.04. The Hall–Kier alpha value is -1.53. The summed E-state index contributed by atoms with van der Waals surface area (Å²) in [5.41, 5.74) is 1.28. The van der Waals surface area contributed by atoms with Crippen LogP contribution in [0.1, 0.15) is 12.5 Å². The lowest BCUT2D eigenvalue weighted by Crippen LogP contribution is -2.29. The quantitative estimate of drug-likeness (QED) is 0.794. The van der Waals surface area contributed by atoms with Crippen LogP contribution in [0.2, 0.25) is 0 Å². The third kappa shape index (κ3) is 3.61. The summed E-state index contributed by atoms with van der Waals surface area (Å²) in [6.45, 7) is 2.49. The van der Waals surface area contributed by atoms with E-state index in [4.69, 9.17) is 10.00 Å². The second kappa shape index (κ2) is 6.05. The fourth-order valence-corrected chi connectivity index (χ4v) is 1.19. The van der Waals surface area contributed by atoms with Crippen molar-refractivity contribution in [1.29, 1.82) is 5.26 Å². The highest BCUT2D eigenvalue weighted by Crippen LogP contribution is 2.12. The predicted octanol–water partition coefficient (Wildman–Crippen LogP) is 1.74. The topological polar surface area (TPSA) is 45.0 Å². The van der Waals surface area contributed by atoms with Crippen LogP contribution in [0, 0.1) is 11.3 Å². The first kappa shape index (κ1) is 11.5. The van der Waals surface area contributed by atoms with Gasteiger partial charge in [-0.3, -0.25) is 0 Å². The lowest BCUT2D eigenvalue weighted by molar-refractivity contribution is 0.295. The van der Waals surface area contributed by atoms with Gasteiger partial charge in [0.25, 0.3) is 0 Å². The maximum atomic E-state index is 8.69. The van der Waals surface area contributed by atoms with Crippen LogP contribution in [0.15, 0.2) is 24.3 Å². The highest BCUT2D eigenvalue weighted by atomic mass is 16.5. The van der Waals surface area contributed by atoms with Crippen LogP contribution >= 0.6 is 0 Å². The second-order valence-corrected chi connectivity index (χ2v) is 3.28. The molecule has 1 rings (SSSR count). The average Bonchev–Trinajstić information content (AvgIpc) is 2.31. The Morgan fingerprint density at radius 1 is 1.40 bits per heavy atom. The molecule has 0 aromatic heterocycles. The molecule has 0 aliphatic carbocycles. The molecule has 0 aliphatic heterocycles. The monoisotopic (exact) mass is 204 g/mol. The number of likely N-dealkylation sites (N-methyl/N-ethyl adjacent to an activating group) is 1. The first-order valence-electron chi connectivity index (χ1n) is 5.08. The lowest BCUT2D eigenvalue weighted by Gasteiger charge is -2.10. The molecule has 0 bridgehead atoms. The molecule has 0 radical (unpaired) electrons. The Morgan fingerprint density at radius 3 is 2.53 bits per heavy atom. The van der Waals surface area contributed by atoms with Crippen molar-refractivity contribution >= 4 is 0 Å². The fourth-order valence-electron chi connectivity index (χ4n) is 1.19. The minimum atomic E-state index is -0.254. The number of hydrogen-bond donors (Lipinski definition) is 1. The van der Waals surface area contributed by atoms with E-state index in [0.717, 1.165) is 12.2 Å². The molecule has 80 valence electrons. The van der Waals surface area contributed by atoms with Gasteiger partial charge in [-0.25, -0.2) is 0 Å². The fraction of sp³-hybridized carbons (Fsp3) is 0.417. The zero-order valence-electron chi connectivity index (χ0n) is 9.16. The van der Waals surface area contributed by atoms with E-state index in [1.165, 1.54) is 5.56 Å². The van der Waals surface area contributed by atoms with Crippen LogP contribution < -0.4 is 10.1 Å². The second-order valence-electron chi connectivity index (χ2n) is 3.28. The van der Waals surface area contributed by atoms with Gasteiger partial charge in [0.1, 0.15) is 18.4 Å². The minimum absolute atomic E-state index is 0.254. The van der Waals surface area contributed by atoms with Gasteiger partial charge in [0, 0.05) is 0 Å². The van der Waals surface area contributed by atoms with Crippen LogP contribution in [0.25, 0.3) is 0 Å². The molecule has 1 unspecified atom stereocenters. The summed E-state index contributed by atoms with van der Waals surface area (Å²) < 4.78 is 5.46. The summed E-state index contributed by atoms with van der Waals surface area (Å²) in [6.07, 6.45) is 1.03. The van der Waals surface area contributed by atoms with Crippen molar-refractivity contribution in [2.24, 2.45) is 0 Å². The number of rotatable bonds is 5. The van der Waals surface area contributed by atoms with Gasteiger partial charge >= 0.3 is 0 Å². The van der Waals surface area contributed by atoms with Crippen LogP contribution in [0.4, 0.5) is 0 Å². The third-order valence-corrected chi connectivity index (χ3v) is 2.25. The van der Waals surface area contributed by atoms with E-state index < -0.39 is 0 Å². The predicted molar refractivity (Wildman–Crippen MR) is 59.8 cm³/mol. The zero-order chi connectivity index (χ0) is 11.1. The number of benzene rings is 1. The summed E-state index contributed by atoms with van der Waals surface area (Å²) in [6, 6.07) is 9.80. The number of ether oxygens (including phenoxy) is 1. The summed E-state index contributed by atoms with van der Waals surface area (Å²) in [7, 11) is 1.75. The number of nitriles is 1. The molecule has 0 saturated carbocycles. The molecule has 0 saturated heterocycles. The molecule has 1 aromatic rings. The Labute approximate surface area is 90.7 Å². The largest absolute Gasteiger partial charge is 0.491 e. The molecular formula is C12H16N2O. The standard InChI is InChI=1S/C12H16N2O/c1-3-10-4-6-12(7-5-10)15-9-11(8-13)14-2/h4-7,11,14H,3,9H2,1-2H3. The van der Waals surface area contributed by atoms with E-state index >= 15 is 0 Å². The van der Waals surface area contributed by atoms with E-state index in [2.05, 4.69) is 18.3 Å².